The number of nitrogens with one attached hydrogen (secondary N) is 2. The molecule has 0 spiro atoms. The average Bonchev–Trinajstić information content (AvgIpc) is 3.15. The molecular formula is C22H23Cl2N3O4S. The summed E-state index contributed by atoms with van der Waals surface area (Å²) in [5.74, 6) is 0.108. The molecule has 0 saturated carbocycles. The molecule has 2 N–H and O–H groups in total. The van der Waals surface area contributed by atoms with Gasteiger partial charge in [0.15, 0.2) is 0 Å². The van der Waals surface area contributed by atoms with Crippen LogP contribution in [0.4, 0.5) is 16.2 Å². The SMILES string of the molecule is O=C(CCCCCl)Nc1ccc(N2C[C@H](CNC(=O)c3cc(Cl)ccc3S)OC2=O)cc1. The number of halogens is 2. The number of nitrogens with zero attached hydrogens (tertiary/aromatic N) is 1. The summed E-state index contributed by atoms with van der Waals surface area (Å²) >= 11 is 15.8. The van der Waals surface area contributed by atoms with Gasteiger partial charge in [0.05, 0.1) is 18.7 Å². The van der Waals surface area contributed by atoms with E-state index in [1.165, 1.54) is 11.0 Å². The zero-order valence-corrected chi connectivity index (χ0v) is 19.6. The molecule has 1 aliphatic heterocycles. The maximum absolute atomic E-state index is 12.4. The third-order valence-corrected chi connectivity index (χ3v) is 5.71. The number of carbonyl (C=O) groups excluding carboxylic acids is 3. The minimum Gasteiger partial charge on any atom is -0.442 e. The van der Waals surface area contributed by atoms with Crippen LogP contribution >= 0.6 is 35.8 Å². The first kappa shape index (κ1) is 24.2. The van der Waals surface area contributed by atoms with Gasteiger partial charge in [0.2, 0.25) is 5.91 Å². The largest absolute Gasteiger partial charge is 0.442 e. The van der Waals surface area contributed by atoms with Crippen molar-refractivity contribution >= 4 is 65.1 Å². The molecular weight excluding hydrogens is 473 g/mol. The van der Waals surface area contributed by atoms with Gasteiger partial charge in [-0.25, -0.2) is 4.79 Å². The lowest BCUT2D eigenvalue weighted by molar-refractivity contribution is -0.116. The van der Waals surface area contributed by atoms with Gasteiger partial charge >= 0.3 is 6.09 Å². The van der Waals surface area contributed by atoms with Crippen molar-refractivity contribution in [3.05, 3.63) is 53.1 Å². The van der Waals surface area contributed by atoms with E-state index in [9.17, 15) is 14.4 Å². The number of amides is 3. The van der Waals surface area contributed by atoms with Crippen LogP contribution in [-0.2, 0) is 9.53 Å². The molecule has 10 heteroatoms. The van der Waals surface area contributed by atoms with Crippen molar-refractivity contribution in [3.63, 3.8) is 0 Å². The lowest BCUT2D eigenvalue weighted by atomic mass is 10.2. The van der Waals surface area contributed by atoms with Crippen molar-refractivity contribution < 1.29 is 19.1 Å². The Kier molecular flexibility index (Phi) is 8.67. The van der Waals surface area contributed by atoms with E-state index in [1.807, 2.05) is 0 Å². The van der Waals surface area contributed by atoms with E-state index in [1.54, 1.807) is 36.4 Å². The molecule has 1 aliphatic rings. The summed E-state index contributed by atoms with van der Waals surface area (Å²) in [6.45, 7) is 0.434. The molecule has 0 aliphatic carbocycles. The number of alkyl halides is 1. The van der Waals surface area contributed by atoms with Crippen molar-refractivity contribution in [3.8, 4) is 0 Å². The molecule has 7 nitrogen and oxygen atoms in total. The third-order valence-electron chi connectivity index (χ3n) is 4.82. The average molecular weight is 496 g/mol. The van der Waals surface area contributed by atoms with E-state index in [2.05, 4.69) is 23.3 Å². The van der Waals surface area contributed by atoms with Crippen molar-refractivity contribution in [2.24, 2.45) is 0 Å². The Morgan fingerprint density at radius 1 is 1.16 bits per heavy atom. The predicted molar refractivity (Wildman–Crippen MR) is 128 cm³/mol. The normalized spacial score (nSPS) is 15.4. The summed E-state index contributed by atoms with van der Waals surface area (Å²) < 4.78 is 5.36. The number of cyclic esters (lactones) is 1. The molecule has 3 rings (SSSR count). The summed E-state index contributed by atoms with van der Waals surface area (Å²) in [5, 5.41) is 5.99. The van der Waals surface area contributed by atoms with Gasteiger partial charge in [0.1, 0.15) is 6.10 Å². The first-order valence-corrected chi connectivity index (χ1v) is 11.4. The topological polar surface area (TPSA) is 87.7 Å². The van der Waals surface area contributed by atoms with Gasteiger partial charge in [-0.05, 0) is 55.3 Å². The highest BCUT2D eigenvalue weighted by atomic mass is 35.5. The molecule has 0 bridgehead atoms. The molecule has 32 heavy (non-hydrogen) atoms. The van der Waals surface area contributed by atoms with Gasteiger partial charge in [-0.3, -0.25) is 14.5 Å². The second-order valence-electron chi connectivity index (χ2n) is 7.23. The monoisotopic (exact) mass is 495 g/mol. The first-order chi connectivity index (χ1) is 15.4. The van der Waals surface area contributed by atoms with Crippen LogP contribution in [0.5, 0.6) is 0 Å². The van der Waals surface area contributed by atoms with Crippen LogP contribution in [0.1, 0.15) is 29.6 Å². The van der Waals surface area contributed by atoms with Gasteiger partial charge in [-0.2, -0.15) is 0 Å². The fourth-order valence-corrected chi connectivity index (χ4v) is 3.76. The van der Waals surface area contributed by atoms with Crippen molar-refractivity contribution in [2.75, 3.05) is 29.2 Å². The molecule has 0 aromatic heterocycles. The van der Waals surface area contributed by atoms with Crippen LogP contribution < -0.4 is 15.5 Å². The summed E-state index contributed by atoms with van der Waals surface area (Å²) in [6.07, 6.45) is 0.929. The Labute approximate surface area is 201 Å². The molecule has 1 fully saturated rings. The maximum atomic E-state index is 12.4. The molecule has 1 heterocycles. The quantitative estimate of drug-likeness (QED) is 0.266. The number of hydrogen-bond donors (Lipinski definition) is 3. The molecule has 170 valence electrons. The van der Waals surface area contributed by atoms with Crippen LogP contribution in [0.2, 0.25) is 5.02 Å². The second-order valence-corrected chi connectivity index (χ2v) is 8.53. The maximum Gasteiger partial charge on any atom is 0.414 e. The molecule has 2 aromatic rings. The zero-order chi connectivity index (χ0) is 23.1. The van der Waals surface area contributed by atoms with Gasteiger partial charge < -0.3 is 15.4 Å². The fourth-order valence-electron chi connectivity index (χ4n) is 3.16. The smallest absolute Gasteiger partial charge is 0.414 e. The minimum absolute atomic E-state index is 0.0803. The van der Waals surface area contributed by atoms with Crippen LogP contribution in [0.3, 0.4) is 0 Å². The van der Waals surface area contributed by atoms with Crippen LogP contribution in [-0.4, -0.2) is 43.0 Å². The number of unbranched alkanes of at least 4 members (excludes halogenated alkanes) is 1. The van der Waals surface area contributed by atoms with E-state index >= 15 is 0 Å². The summed E-state index contributed by atoms with van der Waals surface area (Å²) in [4.78, 5) is 38.6. The highest BCUT2D eigenvalue weighted by Gasteiger charge is 2.32. The number of thiol groups is 1. The number of benzene rings is 2. The second kappa shape index (κ2) is 11.4. The van der Waals surface area contributed by atoms with E-state index in [0.29, 0.717) is 39.2 Å². The van der Waals surface area contributed by atoms with Gasteiger partial charge in [-0.1, -0.05) is 11.6 Å². The van der Waals surface area contributed by atoms with Gasteiger partial charge in [-0.15, -0.1) is 24.2 Å². The lowest BCUT2D eigenvalue weighted by Crippen LogP contribution is -2.34. The molecule has 0 unspecified atom stereocenters. The van der Waals surface area contributed by atoms with E-state index < -0.39 is 12.2 Å². The Balaban J connectivity index is 1.52. The molecule has 1 atom stereocenters. The number of carbonyl (C=O) groups is 3. The van der Waals surface area contributed by atoms with Crippen molar-refractivity contribution in [1.82, 2.24) is 5.32 Å². The highest BCUT2D eigenvalue weighted by molar-refractivity contribution is 7.80. The Morgan fingerprint density at radius 2 is 1.91 bits per heavy atom. The Bertz CT molecular complexity index is 988. The summed E-state index contributed by atoms with van der Waals surface area (Å²) in [6, 6.07) is 11.7. The van der Waals surface area contributed by atoms with Crippen LogP contribution in [0, 0.1) is 0 Å². The molecule has 0 radical (unpaired) electrons. The predicted octanol–water partition coefficient (Wildman–Crippen LogP) is 4.73. The first-order valence-electron chi connectivity index (χ1n) is 10.1. The molecule has 2 aromatic carbocycles. The van der Waals surface area contributed by atoms with Crippen molar-refractivity contribution in [1.29, 1.82) is 0 Å². The van der Waals surface area contributed by atoms with Gasteiger partial charge in [0, 0.05) is 33.6 Å². The number of ether oxygens (including phenoxy) is 1. The minimum atomic E-state index is -0.504. The van der Waals surface area contributed by atoms with E-state index in [0.717, 1.165) is 12.8 Å². The number of hydrogen-bond acceptors (Lipinski definition) is 5. The lowest BCUT2D eigenvalue weighted by Gasteiger charge is -2.14. The Hall–Kier alpha value is -2.42. The Morgan fingerprint density at radius 3 is 2.62 bits per heavy atom. The van der Waals surface area contributed by atoms with Crippen molar-refractivity contribution in [2.45, 2.75) is 30.3 Å². The van der Waals surface area contributed by atoms with Gasteiger partial charge in [0.25, 0.3) is 5.91 Å². The fraction of sp³-hybridized carbons (Fsp3) is 0.318. The summed E-state index contributed by atoms with van der Waals surface area (Å²) in [7, 11) is 0. The molecule has 3 amide bonds. The van der Waals surface area contributed by atoms with E-state index in [-0.39, 0.29) is 24.9 Å². The summed E-state index contributed by atoms with van der Waals surface area (Å²) in [5.41, 5.74) is 1.63. The standard InChI is InChI=1S/C22H23Cl2N3O4S/c23-10-2-1-3-20(28)26-15-5-7-16(8-6-15)27-13-17(31-22(27)30)12-25-21(29)18-11-14(24)4-9-19(18)32/h4-9,11,17,32H,1-3,10,12-13H2,(H,25,29)(H,26,28)/t17-/m0/s1. The number of rotatable bonds is 9. The van der Waals surface area contributed by atoms with Crippen LogP contribution in [0.15, 0.2) is 47.4 Å². The number of anilines is 2. The third kappa shape index (κ3) is 6.54. The van der Waals surface area contributed by atoms with Crippen LogP contribution in [0.25, 0.3) is 0 Å². The van der Waals surface area contributed by atoms with E-state index in [4.69, 9.17) is 27.9 Å². The zero-order valence-electron chi connectivity index (χ0n) is 17.1. The highest BCUT2D eigenvalue weighted by Crippen LogP contribution is 2.24. The molecule has 1 saturated heterocycles.